The Labute approximate surface area is 148 Å². The Morgan fingerprint density at radius 2 is 1.60 bits per heavy atom. The molecule has 0 aliphatic rings. The summed E-state index contributed by atoms with van der Waals surface area (Å²) in [6.45, 7) is 3.96. The Kier molecular flexibility index (Phi) is 6.57. The van der Waals surface area contributed by atoms with Gasteiger partial charge in [-0.15, -0.1) is 0 Å². The van der Waals surface area contributed by atoms with Gasteiger partial charge in [0.25, 0.3) is 5.91 Å². The van der Waals surface area contributed by atoms with Gasteiger partial charge in [-0.3, -0.25) is 4.79 Å². The molecule has 0 unspecified atom stereocenters. The highest BCUT2D eigenvalue weighted by molar-refractivity contribution is 5.92. The van der Waals surface area contributed by atoms with E-state index >= 15 is 0 Å². The molecule has 132 valence electrons. The third-order valence-corrected chi connectivity index (χ3v) is 3.88. The zero-order valence-electron chi connectivity index (χ0n) is 14.7. The first-order valence-corrected chi connectivity index (χ1v) is 8.24. The van der Waals surface area contributed by atoms with Crippen molar-refractivity contribution in [1.82, 2.24) is 5.32 Å². The van der Waals surface area contributed by atoms with Crippen LogP contribution in [0.1, 0.15) is 35.3 Å². The number of esters is 1. The summed E-state index contributed by atoms with van der Waals surface area (Å²) < 4.78 is 10.3. The van der Waals surface area contributed by atoms with Crippen LogP contribution >= 0.6 is 0 Å². The van der Waals surface area contributed by atoms with Crippen LogP contribution in [0.5, 0.6) is 5.75 Å². The second kappa shape index (κ2) is 8.87. The lowest BCUT2D eigenvalue weighted by Crippen LogP contribution is -2.35. The molecule has 0 aliphatic carbocycles. The van der Waals surface area contributed by atoms with E-state index in [1.807, 2.05) is 43.3 Å². The minimum absolute atomic E-state index is 0.339. The molecule has 0 radical (unpaired) electrons. The SMILES string of the molecule is CCc1ccc(C(=O)O[C@@H](C)C(=O)NCc2ccc(OC)cc2)cc1. The number of rotatable bonds is 7. The predicted octanol–water partition coefficient (Wildman–Crippen LogP) is 3.12. The van der Waals surface area contributed by atoms with Gasteiger partial charge >= 0.3 is 5.97 Å². The fourth-order valence-corrected chi connectivity index (χ4v) is 2.23. The van der Waals surface area contributed by atoms with Crippen LogP contribution in [0.2, 0.25) is 0 Å². The molecule has 0 heterocycles. The fourth-order valence-electron chi connectivity index (χ4n) is 2.23. The maximum absolute atomic E-state index is 12.1. The zero-order valence-corrected chi connectivity index (χ0v) is 14.7. The predicted molar refractivity (Wildman–Crippen MR) is 95.5 cm³/mol. The molecule has 2 rings (SSSR count). The number of carbonyl (C=O) groups is 2. The van der Waals surface area contributed by atoms with Crippen molar-refractivity contribution in [1.29, 1.82) is 0 Å². The highest BCUT2D eigenvalue weighted by atomic mass is 16.5. The van der Waals surface area contributed by atoms with E-state index < -0.39 is 12.1 Å². The third-order valence-electron chi connectivity index (χ3n) is 3.88. The maximum atomic E-state index is 12.1. The maximum Gasteiger partial charge on any atom is 0.338 e. The Balaban J connectivity index is 1.84. The van der Waals surface area contributed by atoms with Crippen molar-refractivity contribution in [3.8, 4) is 5.75 Å². The average Bonchev–Trinajstić information content (AvgIpc) is 2.66. The van der Waals surface area contributed by atoms with Gasteiger partial charge in [0, 0.05) is 6.54 Å². The lowest BCUT2D eigenvalue weighted by molar-refractivity contribution is -0.129. The molecule has 2 aromatic carbocycles. The van der Waals surface area contributed by atoms with Gasteiger partial charge < -0.3 is 14.8 Å². The van der Waals surface area contributed by atoms with Gasteiger partial charge in [0.2, 0.25) is 0 Å². The average molecular weight is 341 g/mol. The molecule has 0 saturated heterocycles. The minimum atomic E-state index is -0.864. The molecule has 0 bridgehead atoms. The first kappa shape index (κ1) is 18.5. The van der Waals surface area contributed by atoms with Gasteiger partial charge in [-0.1, -0.05) is 31.2 Å². The van der Waals surface area contributed by atoms with E-state index in [-0.39, 0.29) is 5.91 Å². The molecular formula is C20H23NO4. The van der Waals surface area contributed by atoms with Crippen LogP contribution in [-0.4, -0.2) is 25.1 Å². The molecule has 0 saturated carbocycles. The summed E-state index contributed by atoms with van der Waals surface area (Å²) in [7, 11) is 1.60. The topological polar surface area (TPSA) is 64.6 Å². The number of ether oxygens (including phenoxy) is 2. The van der Waals surface area contributed by atoms with E-state index in [1.54, 1.807) is 26.2 Å². The molecule has 1 amide bonds. The van der Waals surface area contributed by atoms with Crippen molar-refractivity contribution in [3.63, 3.8) is 0 Å². The standard InChI is InChI=1S/C20H23NO4/c1-4-15-5-9-17(10-6-15)20(23)25-14(2)19(22)21-13-16-7-11-18(24-3)12-8-16/h5-12,14H,4,13H2,1-3H3,(H,21,22)/t14-/m0/s1. The lowest BCUT2D eigenvalue weighted by Gasteiger charge is -2.14. The quantitative estimate of drug-likeness (QED) is 0.786. The molecule has 25 heavy (non-hydrogen) atoms. The number of amides is 1. The zero-order chi connectivity index (χ0) is 18.2. The number of nitrogens with one attached hydrogen (secondary N) is 1. The first-order chi connectivity index (χ1) is 12.0. The van der Waals surface area contributed by atoms with Gasteiger partial charge in [-0.2, -0.15) is 0 Å². The summed E-state index contributed by atoms with van der Waals surface area (Å²) >= 11 is 0. The monoisotopic (exact) mass is 341 g/mol. The van der Waals surface area contributed by atoms with E-state index in [4.69, 9.17) is 9.47 Å². The van der Waals surface area contributed by atoms with Crippen molar-refractivity contribution >= 4 is 11.9 Å². The summed E-state index contributed by atoms with van der Waals surface area (Å²) in [6, 6.07) is 14.6. The Hall–Kier alpha value is -2.82. The Morgan fingerprint density at radius 3 is 2.16 bits per heavy atom. The molecule has 5 heteroatoms. The molecule has 5 nitrogen and oxygen atoms in total. The van der Waals surface area contributed by atoms with Crippen LogP contribution in [-0.2, 0) is 22.5 Å². The highest BCUT2D eigenvalue weighted by Gasteiger charge is 2.18. The summed E-state index contributed by atoms with van der Waals surface area (Å²) in [5.41, 5.74) is 2.51. The first-order valence-electron chi connectivity index (χ1n) is 8.24. The molecular weight excluding hydrogens is 318 g/mol. The molecule has 2 aromatic rings. The number of hydrogen-bond acceptors (Lipinski definition) is 4. The summed E-state index contributed by atoms with van der Waals surface area (Å²) in [5.74, 6) is -0.0874. The number of carbonyl (C=O) groups excluding carboxylic acids is 2. The van der Waals surface area contributed by atoms with Crippen LogP contribution in [0.15, 0.2) is 48.5 Å². The summed E-state index contributed by atoms with van der Waals surface area (Å²) in [5, 5.41) is 2.75. The Bertz CT molecular complexity index is 707. The van der Waals surface area contributed by atoms with E-state index in [0.29, 0.717) is 12.1 Å². The lowest BCUT2D eigenvalue weighted by atomic mass is 10.1. The fraction of sp³-hybridized carbons (Fsp3) is 0.300. The van der Waals surface area contributed by atoms with Crippen molar-refractivity contribution in [2.45, 2.75) is 32.9 Å². The van der Waals surface area contributed by atoms with Crippen LogP contribution in [0.3, 0.4) is 0 Å². The largest absolute Gasteiger partial charge is 0.497 e. The van der Waals surface area contributed by atoms with Crippen LogP contribution in [0.4, 0.5) is 0 Å². The van der Waals surface area contributed by atoms with Gasteiger partial charge in [0.1, 0.15) is 5.75 Å². The number of hydrogen-bond donors (Lipinski definition) is 1. The second-order valence-corrected chi connectivity index (χ2v) is 5.66. The van der Waals surface area contributed by atoms with Crippen LogP contribution < -0.4 is 10.1 Å². The van der Waals surface area contributed by atoms with Crippen molar-refractivity contribution in [3.05, 3.63) is 65.2 Å². The van der Waals surface area contributed by atoms with Crippen LogP contribution in [0, 0.1) is 0 Å². The van der Waals surface area contributed by atoms with Crippen molar-refractivity contribution in [2.24, 2.45) is 0 Å². The molecule has 0 fully saturated rings. The van der Waals surface area contributed by atoms with Crippen molar-refractivity contribution < 1.29 is 19.1 Å². The van der Waals surface area contributed by atoms with E-state index in [0.717, 1.165) is 23.3 Å². The molecule has 1 N–H and O–H groups in total. The molecule has 0 spiro atoms. The third kappa shape index (κ3) is 5.35. The van der Waals surface area contributed by atoms with E-state index in [2.05, 4.69) is 5.32 Å². The number of aryl methyl sites for hydroxylation is 1. The summed E-state index contributed by atoms with van der Waals surface area (Å²) in [4.78, 5) is 24.2. The van der Waals surface area contributed by atoms with Crippen molar-refractivity contribution in [2.75, 3.05) is 7.11 Å². The molecule has 0 aliphatic heterocycles. The number of methoxy groups -OCH3 is 1. The smallest absolute Gasteiger partial charge is 0.338 e. The Morgan fingerprint density at radius 1 is 1.00 bits per heavy atom. The normalized spacial score (nSPS) is 11.5. The van der Waals surface area contributed by atoms with E-state index in [1.165, 1.54) is 0 Å². The van der Waals surface area contributed by atoms with Gasteiger partial charge in [-0.25, -0.2) is 4.79 Å². The van der Waals surface area contributed by atoms with E-state index in [9.17, 15) is 9.59 Å². The van der Waals surface area contributed by atoms with Crippen LogP contribution in [0.25, 0.3) is 0 Å². The number of benzene rings is 2. The molecule has 1 atom stereocenters. The van der Waals surface area contributed by atoms with Gasteiger partial charge in [-0.05, 0) is 48.7 Å². The minimum Gasteiger partial charge on any atom is -0.497 e. The second-order valence-electron chi connectivity index (χ2n) is 5.66. The molecule has 0 aromatic heterocycles. The summed E-state index contributed by atoms with van der Waals surface area (Å²) in [6.07, 6.45) is 0.0380. The van der Waals surface area contributed by atoms with Gasteiger partial charge in [0.05, 0.1) is 12.7 Å². The highest BCUT2D eigenvalue weighted by Crippen LogP contribution is 2.11. The van der Waals surface area contributed by atoms with Gasteiger partial charge in [0.15, 0.2) is 6.10 Å².